The summed E-state index contributed by atoms with van der Waals surface area (Å²) in [7, 11) is 3.13. The Kier molecular flexibility index (Phi) is 9.50. The van der Waals surface area contributed by atoms with Crippen molar-refractivity contribution in [3.05, 3.63) is 47.5 Å². The Hall–Kier alpha value is -2.40. The van der Waals surface area contributed by atoms with Gasteiger partial charge in [-0.1, -0.05) is 11.6 Å². The molecule has 1 fully saturated rings. The number of benzene rings is 2. The van der Waals surface area contributed by atoms with Gasteiger partial charge < -0.3 is 30.3 Å². The summed E-state index contributed by atoms with van der Waals surface area (Å²) in [6.45, 7) is 2.79. The molecule has 0 aliphatic carbocycles. The van der Waals surface area contributed by atoms with Gasteiger partial charge in [0.25, 0.3) is 0 Å². The van der Waals surface area contributed by atoms with E-state index in [-0.39, 0.29) is 42.4 Å². The molecular formula is C21H27ClIN5O3. The Bertz CT molecular complexity index is 902. The molecule has 0 unspecified atom stereocenters. The van der Waals surface area contributed by atoms with Gasteiger partial charge in [-0.05, 0) is 36.4 Å². The van der Waals surface area contributed by atoms with Crippen LogP contribution in [0, 0.1) is 0 Å². The normalized spacial score (nSPS) is 14.0. The number of rotatable bonds is 6. The van der Waals surface area contributed by atoms with Crippen LogP contribution in [-0.2, 0) is 4.79 Å². The Morgan fingerprint density at radius 2 is 1.71 bits per heavy atom. The van der Waals surface area contributed by atoms with Gasteiger partial charge in [-0.25, -0.2) is 4.99 Å². The zero-order valence-electron chi connectivity index (χ0n) is 17.5. The highest BCUT2D eigenvalue weighted by Gasteiger charge is 2.21. The Morgan fingerprint density at radius 1 is 1.06 bits per heavy atom. The number of hydrogen-bond donors (Lipinski definition) is 2. The number of halogens is 2. The van der Waals surface area contributed by atoms with Gasteiger partial charge in [0, 0.05) is 48.6 Å². The van der Waals surface area contributed by atoms with Crippen LogP contribution in [0.1, 0.15) is 0 Å². The molecule has 1 aliphatic rings. The second kappa shape index (κ2) is 11.8. The van der Waals surface area contributed by atoms with Crippen molar-refractivity contribution in [1.82, 2.24) is 4.90 Å². The van der Waals surface area contributed by atoms with Gasteiger partial charge in [0.1, 0.15) is 6.54 Å². The second-order valence-electron chi connectivity index (χ2n) is 6.74. The van der Waals surface area contributed by atoms with Gasteiger partial charge in [0.15, 0.2) is 17.5 Å². The maximum Gasteiger partial charge on any atom is 0.244 e. The maximum atomic E-state index is 12.5. The lowest BCUT2D eigenvalue weighted by Crippen LogP contribution is -2.49. The van der Waals surface area contributed by atoms with Crippen molar-refractivity contribution in [1.29, 1.82) is 0 Å². The third-order valence-electron chi connectivity index (χ3n) is 4.86. The number of carbonyl (C=O) groups excluding carboxylic acids is 1. The molecule has 1 saturated heterocycles. The smallest absolute Gasteiger partial charge is 0.244 e. The molecule has 0 saturated carbocycles. The zero-order chi connectivity index (χ0) is 21.5. The molecule has 1 heterocycles. The molecule has 0 radical (unpaired) electrons. The average Bonchev–Trinajstić information content (AvgIpc) is 2.78. The molecule has 31 heavy (non-hydrogen) atoms. The lowest BCUT2D eigenvalue weighted by molar-refractivity contribution is -0.129. The van der Waals surface area contributed by atoms with E-state index in [9.17, 15) is 4.79 Å². The average molecular weight is 560 g/mol. The standard InChI is InChI=1S/C21H26ClN5O3.HI/c1-29-18-8-5-16(13-19(18)30-2)25-21(23)24-14-20(28)27-11-9-26(10-12-27)17-6-3-15(22)4-7-17;/h3-8,13H,9-12,14H2,1-2H3,(H3,23,24,25);1H. The van der Waals surface area contributed by atoms with Crippen LogP contribution in [0.5, 0.6) is 11.5 Å². The predicted octanol–water partition coefficient (Wildman–Crippen LogP) is 3.05. The number of guanidine groups is 1. The van der Waals surface area contributed by atoms with E-state index < -0.39 is 0 Å². The summed E-state index contributed by atoms with van der Waals surface area (Å²) in [6, 6.07) is 13.0. The monoisotopic (exact) mass is 559 g/mol. The summed E-state index contributed by atoms with van der Waals surface area (Å²) in [5.74, 6) is 1.30. The lowest BCUT2D eigenvalue weighted by atomic mass is 10.2. The van der Waals surface area contributed by atoms with Gasteiger partial charge in [-0.2, -0.15) is 0 Å². The number of carbonyl (C=O) groups is 1. The molecular weight excluding hydrogens is 533 g/mol. The predicted molar refractivity (Wildman–Crippen MR) is 135 cm³/mol. The maximum absolute atomic E-state index is 12.5. The van der Waals surface area contributed by atoms with Crippen LogP contribution >= 0.6 is 35.6 Å². The molecule has 3 rings (SSSR count). The summed E-state index contributed by atoms with van der Waals surface area (Å²) in [4.78, 5) is 20.7. The molecule has 0 atom stereocenters. The van der Waals surface area contributed by atoms with Crippen molar-refractivity contribution >= 4 is 58.8 Å². The van der Waals surface area contributed by atoms with Crippen LogP contribution in [0.15, 0.2) is 47.5 Å². The molecule has 2 aromatic carbocycles. The largest absolute Gasteiger partial charge is 0.493 e. The lowest BCUT2D eigenvalue weighted by Gasteiger charge is -2.36. The summed E-state index contributed by atoms with van der Waals surface area (Å²) >= 11 is 5.94. The van der Waals surface area contributed by atoms with Crippen LogP contribution < -0.4 is 25.4 Å². The van der Waals surface area contributed by atoms with Crippen LogP contribution in [0.3, 0.4) is 0 Å². The van der Waals surface area contributed by atoms with Crippen LogP contribution in [0.25, 0.3) is 0 Å². The van der Waals surface area contributed by atoms with E-state index >= 15 is 0 Å². The first-order chi connectivity index (χ1) is 14.5. The van der Waals surface area contributed by atoms with E-state index in [4.69, 9.17) is 26.8 Å². The Labute approximate surface area is 204 Å². The number of ether oxygens (including phenoxy) is 2. The van der Waals surface area contributed by atoms with Crippen molar-refractivity contribution in [2.75, 3.05) is 57.2 Å². The topological polar surface area (TPSA) is 92.4 Å². The Morgan fingerprint density at radius 3 is 2.32 bits per heavy atom. The highest BCUT2D eigenvalue weighted by atomic mass is 127. The zero-order valence-corrected chi connectivity index (χ0v) is 20.6. The number of hydrogen-bond acceptors (Lipinski definition) is 5. The van der Waals surface area contributed by atoms with Crippen molar-refractivity contribution < 1.29 is 14.3 Å². The van der Waals surface area contributed by atoms with Gasteiger partial charge in [-0.3, -0.25) is 4.79 Å². The molecule has 3 N–H and O–H groups in total. The first kappa shape index (κ1) is 24.9. The van der Waals surface area contributed by atoms with Crippen LogP contribution in [-0.4, -0.2) is 63.7 Å². The van der Waals surface area contributed by atoms with Crippen LogP contribution in [0.2, 0.25) is 5.02 Å². The van der Waals surface area contributed by atoms with E-state index in [0.29, 0.717) is 35.3 Å². The molecule has 10 heteroatoms. The fourth-order valence-electron chi connectivity index (χ4n) is 3.22. The number of nitrogens with two attached hydrogens (primary N) is 1. The minimum absolute atomic E-state index is 0. The van der Waals surface area contributed by atoms with Crippen molar-refractivity contribution in [2.45, 2.75) is 0 Å². The van der Waals surface area contributed by atoms with Crippen molar-refractivity contribution in [3.8, 4) is 11.5 Å². The highest BCUT2D eigenvalue weighted by molar-refractivity contribution is 14.0. The summed E-state index contributed by atoms with van der Waals surface area (Å²) in [5.41, 5.74) is 7.73. The third-order valence-corrected chi connectivity index (χ3v) is 5.12. The minimum Gasteiger partial charge on any atom is -0.493 e. The first-order valence-corrected chi connectivity index (χ1v) is 9.95. The molecule has 2 aromatic rings. The number of amides is 1. The third kappa shape index (κ3) is 6.79. The van der Waals surface area contributed by atoms with Crippen LogP contribution in [0.4, 0.5) is 11.4 Å². The molecule has 0 spiro atoms. The van der Waals surface area contributed by atoms with Gasteiger partial charge >= 0.3 is 0 Å². The number of piperazine rings is 1. The summed E-state index contributed by atoms with van der Waals surface area (Å²) < 4.78 is 10.5. The summed E-state index contributed by atoms with van der Waals surface area (Å²) in [6.07, 6.45) is 0. The number of nitrogens with one attached hydrogen (secondary N) is 1. The van der Waals surface area contributed by atoms with Gasteiger partial charge in [0.2, 0.25) is 5.91 Å². The van der Waals surface area contributed by atoms with E-state index in [1.807, 2.05) is 24.3 Å². The van der Waals surface area contributed by atoms with E-state index in [1.54, 1.807) is 37.3 Å². The van der Waals surface area contributed by atoms with Crippen molar-refractivity contribution in [3.63, 3.8) is 0 Å². The van der Waals surface area contributed by atoms with Crippen molar-refractivity contribution in [2.24, 2.45) is 10.7 Å². The number of aliphatic imine (C=N–C) groups is 1. The quantitative estimate of drug-likeness (QED) is 0.321. The molecule has 8 nitrogen and oxygen atoms in total. The molecule has 168 valence electrons. The SMILES string of the molecule is COc1ccc(NC(N)=NCC(=O)N2CCN(c3ccc(Cl)cc3)CC2)cc1OC.I. The molecule has 1 amide bonds. The molecule has 1 aliphatic heterocycles. The Balaban J connectivity index is 0.00000341. The summed E-state index contributed by atoms with van der Waals surface area (Å²) in [5, 5.41) is 3.67. The van der Waals surface area contributed by atoms with E-state index in [2.05, 4.69) is 15.2 Å². The van der Waals surface area contributed by atoms with Gasteiger partial charge in [0.05, 0.1) is 14.2 Å². The fourth-order valence-corrected chi connectivity index (χ4v) is 3.35. The fraction of sp³-hybridized carbons (Fsp3) is 0.333. The minimum atomic E-state index is -0.0529. The molecule has 0 aromatic heterocycles. The van der Waals surface area contributed by atoms with E-state index in [0.717, 1.165) is 18.8 Å². The number of methoxy groups -OCH3 is 2. The molecule has 0 bridgehead atoms. The number of nitrogens with zero attached hydrogens (tertiary/aromatic N) is 3. The second-order valence-corrected chi connectivity index (χ2v) is 7.18. The highest BCUT2D eigenvalue weighted by Crippen LogP contribution is 2.29. The first-order valence-electron chi connectivity index (χ1n) is 9.57. The number of anilines is 2. The van der Waals surface area contributed by atoms with E-state index in [1.165, 1.54) is 0 Å². The van der Waals surface area contributed by atoms with Gasteiger partial charge in [-0.15, -0.1) is 24.0 Å².